The summed E-state index contributed by atoms with van der Waals surface area (Å²) in [6.45, 7) is 0.171. The van der Waals surface area contributed by atoms with Crippen molar-refractivity contribution >= 4 is 17.4 Å². The summed E-state index contributed by atoms with van der Waals surface area (Å²) in [4.78, 5) is 24.3. The molecule has 0 fully saturated rings. The van der Waals surface area contributed by atoms with Crippen molar-refractivity contribution in [3.05, 3.63) is 29.3 Å². The third kappa shape index (κ3) is 1.86. The number of carbonyl (C=O) groups is 2. The molecule has 1 heterocycles. The first-order valence-corrected chi connectivity index (χ1v) is 5.35. The van der Waals surface area contributed by atoms with E-state index in [1.165, 1.54) is 0 Å². The Morgan fingerprint density at radius 2 is 2.00 bits per heavy atom. The Bertz CT molecular complexity index is 575. The van der Waals surface area contributed by atoms with Crippen LogP contribution in [0, 0.1) is 24.0 Å². The Kier molecular flexibility index (Phi) is 3.11. The third-order valence-corrected chi connectivity index (χ3v) is 2.69. The predicted octanol–water partition coefficient (Wildman–Crippen LogP) is 1.91. The Labute approximate surface area is 102 Å². The van der Waals surface area contributed by atoms with E-state index in [1.807, 2.05) is 0 Å². The van der Waals surface area contributed by atoms with Crippen LogP contribution >= 0.6 is 0 Å². The van der Waals surface area contributed by atoms with Gasteiger partial charge in [0.15, 0.2) is 0 Å². The molecule has 0 N–H and O–H groups in total. The number of benzene rings is 1. The number of ketones is 1. The number of unbranched alkanes of at least 4 members (excludes halogenated alkanes) is 1. The van der Waals surface area contributed by atoms with Crippen molar-refractivity contribution in [1.82, 2.24) is 0 Å². The van der Waals surface area contributed by atoms with E-state index in [0.717, 1.165) is 11.0 Å². The van der Waals surface area contributed by atoms with Crippen LogP contribution < -0.4 is 4.90 Å². The van der Waals surface area contributed by atoms with Gasteiger partial charge in [0.05, 0.1) is 11.3 Å². The van der Waals surface area contributed by atoms with Crippen LogP contribution in [0.1, 0.15) is 23.2 Å². The van der Waals surface area contributed by atoms with Gasteiger partial charge in [0.2, 0.25) is 0 Å². The molecule has 0 radical (unpaired) electrons. The Balaban J connectivity index is 2.39. The summed E-state index contributed by atoms with van der Waals surface area (Å²) in [5.41, 5.74) is -0.373. The standard InChI is InChI=1S/C13H9F2NO2/c1-2-3-4-5-16-10-7-8(14)6-9(15)11(10)12(17)13(16)18/h1,6-7H,3-5H2. The highest BCUT2D eigenvalue weighted by atomic mass is 19.1. The zero-order chi connectivity index (χ0) is 13.3. The molecule has 0 aromatic heterocycles. The van der Waals surface area contributed by atoms with Crippen molar-refractivity contribution in [2.24, 2.45) is 0 Å². The number of terminal acetylenes is 1. The van der Waals surface area contributed by atoms with Gasteiger partial charge in [0.25, 0.3) is 11.7 Å². The summed E-state index contributed by atoms with van der Waals surface area (Å²) in [7, 11) is 0. The van der Waals surface area contributed by atoms with Gasteiger partial charge in [0.1, 0.15) is 11.6 Å². The maximum absolute atomic E-state index is 13.5. The number of hydrogen-bond acceptors (Lipinski definition) is 2. The molecular formula is C13H9F2NO2. The summed E-state index contributed by atoms with van der Waals surface area (Å²) < 4.78 is 26.6. The Morgan fingerprint density at radius 1 is 1.28 bits per heavy atom. The van der Waals surface area contributed by atoms with E-state index in [-0.39, 0.29) is 17.8 Å². The van der Waals surface area contributed by atoms with Gasteiger partial charge in [0, 0.05) is 19.0 Å². The maximum atomic E-state index is 13.5. The molecule has 3 nitrogen and oxygen atoms in total. The van der Waals surface area contributed by atoms with Gasteiger partial charge in [-0.05, 0) is 12.5 Å². The molecular weight excluding hydrogens is 240 g/mol. The molecule has 0 saturated carbocycles. The van der Waals surface area contributed by atoms with Crippen LogP contribution in [0.25, 0.3) is 0 Å². The molecule has 92 valence electrons. The zero-order valence-electron chi connectivity index (χ0n) is 9.37. The number of nitrogens with zero attached hydrogens (tertiary/aromatic N) is 1. The smallest absolute Gasteiger partial charge is 0.299 e. The summed E-state index contributed by atoms with van der Waals surface area (Å²) in [6.07, 6.45) is 5.96. The van der Waals surface area contributed by atoms with Crippen LogP contribution in [-0.2, 0) is 4.79 Å². The van der Waals surface area contributed by atoms with E-state index in [4.69, 9.17) is 6.42 Å². The number of halogens is 2. The van der Waals surface area contributed by atoms with Crippen LogP contribution in [0.15, 0.2) is 12.1 Å². The summed E-state index contributed by atoms with van der Waals surface area (Å²) in [6, 6.07) is 1.58. The van der Waals surface area contributed by atoms with E-state index in [2.05, 4.69) is 5.92 Å². The number of amides is 1. The minimum atomic E-state index is -1.01. The Morgan fingerprint density at radius 3 is 2.67 bits per heavy atom. The number of Topliss-reactive ketones (excluding diaryl/α,β-unsaturated/α-hetero) is 1. The third-order valence-electron chi connectivity index (χ3n) is 2.69. The van der Waals surface area contributed by atoms with Crippen LogP contribution in [0.5, 0.6) is 0 Å². The number of carbonyl (C=O) groups excluding carboxylic acids is 2. The van der Waals surface area contributed by atoms with Crippen LogP contribution in [-0.4, -0.2) is 18.2 Å². The molecule has 1 aliphatic rings. The van der Waals surface area contributed by atoms with Crippen molar-refractivity contribution in [3.8, 4) is 12.3 Å². The minimum absolute atomic E-state index is 0.0143. The first-order chi connectivity index (χ1) is 8.56. The fourth-order valence-electron chi connectivity index (χ4n) is 1.90. The lowest BCUT2D eigenvalue weighted by Gasteiger charge is -2.15. The van der Waals surface area contributed by atoms with Gasteiger partial charge in [-0.1, -0.05) is 0 Å². The highest BCUT2D eigenvalue weighted by molar-refractivity contribution is 6.52. The highest BCUT2D eigenvalue weighted by Gasteiger charge is 2.38. The first-order valence-electron chi connectivity index (χ1n) is 5.35. The van der Waals surface area contributed by atoms with Crippen molar-refractivity contribution in [2.45, 2.75) is 12.8 Å². The first kappa shape index (κ1) is 12.2. The van der Waals surface area contributed by atoms with Gasteiger partial charge >= 0.3 is 0 Å². The van der Waals surface area contributed by atoms with E-state index in [0.29, 0.717) is 18.9 Å². The monoisotopic (exact) mass is 249 g/mol. The average molecular weight is 249 g/mol. The fourth-order valence-corrected chi connectivity index (χ4v) is 1.90. The number of hydrogen-bond donors (Lipinski definition) is 0. The summed E-state index contributed by atoms with van der Waals surface area (Å²) in [5, 5.41) is 0. The van der Waals surface area contributed by atoms with Crippen molar-refractivity contribution in [2.75, 3.05) is 11.4 Å². The minimum Gasteiger partial charge on any atom is -0.305 e. The molecule has 1 amide bonds. The van der Waals surface area contributed by atoms with Crippen LogP contribution in [0.3, 0.4) is 0 Å². The number of rotatable bonds is 3. The van der Waals surface area contributed by atoms with E-state index >= 15 is 0 Å². The van der Waals surface area contributed by atoms with Gasteiger partial charge in [-0.25, -0.2) is 8.78 Å². The topological polar surface area (TPSA) is 37.4 Å². The van der Waals surface area contributed by atoms with Crippen molar-refractivity contribution < 1.29 is 18.4 Å². The second-order valence-corrected chi connectivity index (χ2v) is 3.88. The number of anilines is 1. The second kappa shape index (κ2) is 4.57. The molecule has 5 heteroatoms. The molecule has 1 aliphatic heterocycles. The van der Waals surface area contributed by atoms with Crippen molar-refractivity contribution in [1.29, 1.82) is 0 Å². The SMILES string of the molecule is C#CCCCN1C(=O)C(=O)c2c(F)cc(F)cc21. The molecule has 1 aromatic carbocycles. The zero-order valence-corrected chi connectivity index (χ0v) is 9.37. The van der Waals surface area contributed by atoms with E-state index in [9.17, 15) is 18.4 Å². The van der Waals surface area contributed by atoms with Gasteiger partial charge in [-0.15, -0.1) is 12.3 Å². The van der Waals surface area contributed by atoms with Gasteiger partial charge in [-0.3, -0.25) is 9.59 Å². The maximum Gasteiger partial charge on any atom is 0.299 e. The molecule has 0 bridgehead atoms. The van der Waals surface area contributed by atoms with Crippen LogP contribution in [0.4, 0.5) is 14.5 Å². The molecule has 18 heavy (non-hydrogen) atoms. The normalized spacial score (nSPS) is 13.7. The second-order valence-electron chi connectivity index (χ2n) is 3.88. The predicted molar refractivity (Wildman–Crippen MR) is 61.1 cm³/mol. The molecule has 0 atom stereocenters. The van der Waals surface area contributed by atoms with Gasteiger partial charge < -0.3 is 4.90 Å². The lowest BCUT2D eigenvalue weighted by atomic mass is 10.1. The van der Waals surface area contributed by atoms with E-state index < -0.39 is 23.3 Å². The number of fused-ring (bicyclic) bond motifs is 1. The molecule has 2 rings (SSSR count). The lowest BCUT2D eigenvalue weighted by Crippen LogP contribution is -2.30. The van der Waals surface area contributed by atoms with Crippen molar-refractivity contribution in [3.63, 3.8) is 0 Å². The highest BCUT2D eigenvalue weighted by Crippen LogP contribution is 2.32. The summed E-state index contributed by atoms with van der Waals surface area (Å²) in [5.74, 6) is -1.22. The van der Waals surface area contributed by atoms with Crippen LogP contribution in [0.2, 0.25) is 0 Å². The quantitative estimate of drug-likeness (QED) is 0.466. The molecule has 1 aromatic rings. The molecule has 0 aliphatic carbocycles. The summed E-state index contributed by atoms with van der Waals surface area (Å²) >= 11 is 0. The molecule has 0 unspecified atom stereocenters. The lowest BCUT2D eigenvalue weighted by molar-refractivity contribution is -0.114. The average Bonchev–Trinajstić information content (AvgIpc) is 2.54. The fraction of sp³-hybridized carbons (Fsp3) is 0.231. The Hall–Kier alpha value is -2.22. The van der Waals surface area contributed by atoms with Gasteiger partial charge in [-0.2, -0.15) is 0 Å². The molecule has 0 saturated heterocycles. The largest absolute Gasteiger partial charge is 0.305 e. The molecule has 0 spiro atoms. The van der Waals surface area contributed by atoms with E-state index in [1.54, 1.807) is 0 Å².